The van der Waals surface area contributed by atoms with E-state index in [0.29, 0.717) is 6.04 Å². The fourth-order valence-electron chi connectivity index (χ4n) is 1.91. The SMILES string of the molecule is CCc1ccc2c(c1)SCC(CN)N2C. The summed E-state index contributed by atoms with van der Waals surface area (Å²) in [6, 6.07) is 7.23. The first kappa shape index (κ1) is 10.8. The van der Waals surface area contributed by atoms with Crippen molar-refractivity contribution >= 4 is 17.4 Å². The van der Waals surface area contributed by atoms with Crippen molar-refractivity contribution in [2.24, 2.45) is 5.73 Å². The van der Waals surface area contributed by atoms with E-state index in [9.17, 15) is 0 Å². The van der Waals surface area contributed by atoms with Crippen molar-refractivity contribution in [3.8, 4) is 0 Å². The van der Waals surface area contributed by atoms with E-state index in [0.717, 1.165) is 18.7 Å². The maximum Gasteiger partial charge on any atom is 0.0505 e. The Kier molecular flexibility index (Phi) is 3.22. The van der Waals surface area contributed by atoms with E-state index in [1.807, 2.05) is 11.8 Å². The fraction of sp³-hybridized carbons (Fsp3) is 0.500. The van der Waals surface area contributed by atoms with Crippen molar-refractivity contribution in [3.63, 3.8) is 0 Å². The van der Waals surface area contributed by atoms with Crippen LogP contribution in [0, 0.1) is 0 Å². The third-order valence-corrected chi connectivity index (χ3v) is 4.25. The van der Waals surface area contributed by atoms with Crippen molar-refractivity contribution < 1.29 is 0 Å². The third kappa shape index (κ3) is 1.99. The number of aryl methyl sites for hydroxylation is 1. The summed E-state index contributed by atoms with van der Waals surface area (Å²) in [5.74, 6) is 1.10. The Morgan fingerprint density at radius 1 is 1.53 bits per heavy atom. The predicted octanol–water partition coefficient (Wildman–Crippen LogP) is 2.12. The lowest BCUT2D eigenvalue weighted by molar-refractivity contribution is 0.691. The van der Waals surface area contributed by atoms with Crippen molar-refractivity contribution in [2.75, 3.05) is 24.2 Å². The van der Waals surface area contributed by atoms with Crippen LogP contribution in [0.3, 0.4) is 0 Å². The van der Waals surface area contributed by atoms with Gasteiger partial charge in [-0.05, 0) is 24.1 Å². The Balaban J connectivity index is 2.33. The molecule has 2 nitrogen and oxygen atoms in total. The van der Waals surface area contributed by atoms with Crippen LogP contribution in [0.1, 0.15) is 12.5 Å². The molecule has 0 radical (unpaired) electrons. The summed E-state index contributed by atoms with van der Waals surface area (Å²) >= 11 is 1.93. The summed E-state index contributed by atoms with van der Waals surface area (Å²) in [4.78, 5) is 3.72. The molecule has 1 aromatic rings. The van der Waals surface area contributed by atoms with E-state index in [4.69, 9.17) is 5.73 Å². The number of anilines is 1. The lowest BCUT2D eigenvalue weighted by Gasteiger charge is -2.35. The van der Waals surface area contributed by atoms with Gasteiger partial charge in [0, 0.05) is 24.2 Å². The molecule has 0 saturated carbocycles. The van der Waals surface area contributed by atoms with Crippen LogP contribution in [-0.2, 0) is 6.42 Å². The first-order valence-electron chi connectivity index (χ1n) is 5.45. The van der Waals surface area contributed by atoms with Crippen LogP contribution in [0.25, 0.3) is 0 Å². The van der Waals surface area contributed by atoms with Gasteiger partial charge >= 0.3 is 0 Å². The number of benzene rings is 1. The zero-order chi connectivity index (χ0) is 10.8. The Labute approximate surface area is 95.8 Å². The highest BCUT2D eigenvalue weighted by molar-refractivity contribution is 7.99. The van der Waals surface area contributed by atoms with Gasteiger partial charge in [0.05, 0.1) is 11.7 Å². The molecule has 15 heavy (non-hydrogen) atoms. The minimum Gasteiger partial charge on any atom is -0.369 e. The van der Waals surface area contributed by atoms with Crippen molar-refractivity contribution in [1.29, 1.82) is 0 Å². The average molecular weight is 222 g/mol. The third-order valence-electron chi connectivity index (χ3n) is 3.06. The van der Waals surface area contributed by atoms with E-state index in [-0.39, 0.29) is 0 Å². The molecular formula is C12H18N2S. The molecule has 0 saturated heterocycles. The van der Waals surface area contributed by atoms with Crippen LogP contribution in [-0.4, -0.2) is 25.4 Å². The summed E-state index contributed by atoms with van der Waals surface area (Å²) < 4.78 is 0. The molecule has 1 aliphatic heterocycles. The molecule has 82 valence electrons. The molecule has 1 unspecified atom stereocenters. The van der Waals surface area contributed by atoms with Gasteiger partial charge in [0.25, 0.3) is 0 Å². The minimum atomic E-state index is 0.481. The molecule has 0 bridgehead atoms. The zero-order valence-corrected chi connectivity index (χ0v) is 10.2. The van der Waals surface area contributed by atoms with Gasteiger partial charge in [0.15, 0.2) is 0 Å². The molecule has 0 fully saturated rings. The number of fused-ring (bicyclic) bond motifs is 1. The first-order chi connectivity index (χ1) is 7.26. The van der Waals surface area contributed by atoms with E-state index < -0.39 is 0 Å². The molecular weight excluding hydrogens is 204 g/mol. The van der Waals surface area contributed by atoms with Crippen LogP contribution < -0.4 is 10.6 Å². The van der Waals surface area contributed by atoms with Gasteiger partial charge in [0.1, 0.15) is 0 Å². The molecule has 1 aliphatic rings. The summed E-state index contributed by atoms with van der Waals surface area (Å²) in [5, 5.41) is 0. The molecule has 2 N–H and O–H groups in total. The molecule has 0 aliphatic carbocycles. The number of rotatable bonds is 2. The standard InChI is InChI=1S/C12H18N2S/c1-3-9-4-5-11-12(6-9)15-8-10(7-13)14(11)2/h4-6,10H,3,7-8,13H2,1-2H3. The second kappa shape index (κ2) is 4.45. The van der Waals surface area contributed by atoms with Crippen LogP contribution in [0.2, 0.25) is 0 Å². The molecule has 0 aromatic heterocycles. The number of likely N-dealkylation sites (N-methyl/N-ethyl adjacent to an activating group) is 1. The summed E-state index contributed by atoms with van der Waals surface area (Å²) in [6.07, 6.45) is 1.11. The predicted molar refractivity (Wildman–Crippen MR) is 67.8 cm³/mol. The topological polar surface area (TPSA) is 29.3 Å². The van der Waals surface area contributed by atoms with Gasteiger partial charge in [-0.1, -0.05) is 13.0 Å². The monoisotopic (exact) mass is 222 g/mol. The smallest absolute Gasteiger partial charge is 0.0505 e. The van der Waals surface area contributed by atoms with Crippen LogP contribution in [0.4, 0.5) is 5.69 Å². The van der Waals surface area contributed by atoms with Gasteiger partial charge in [-0.25, -0.2) is 0 Å². The van der Waals surface area contributed by atoms with Crippen LogP contribution in [0.5, 0.6) is 0 Å². The van der Waals surface area contributed by atoms with E-state index in [1.54, 1.807) is 0 Å². The van der Waals surface area contributed by atoms with Crippen LogP contribution in [0.15, 0.2) is 23.1 Å². The maximum absolute atomic E-state index is 5.75. The second-order valence-electron chi connectivity index (χ2n) is 3.97. The molecule has 3 heteroatoms. The summed E-state index contributed by atoms with van der Waals surface area (Å²) in [5.41, 5.74) is 8.50. The highest BCUT2D eigenvalue weighted by Gasteiger charge is 2.22. The molecule has 1 aromatic carbocycles. The second-order valence-corrected chi connectivity index (χ2v) is 5.03. The zero-order valence-electron chi connectivity index (χ0n) is 9.36. The number of hydrogen-bond donors (Lipinski definition) is 1. The van der Waals surface area contributed by atoms with Crippen molar-refractivity contribution in [1.82, 2.24) is 0 Å². The van der Waals surface area contributed by atoms with Crippen molar-refractivity contribution in [3.05, 3.63) is 23.8 Å². The fourth-order valence-corrected chi connectivity index (χ4v) is 3.23. The highest BCUT2D eigenvalue weighted by atomic mass is 32.2. The van der Waals surface area contributed by atoms with E-state index >= 15 is 0 Å². The van der Waals surface area contributed by atoms with Gasteiger partial charge in [-0.2, -0.15) is 0 Å². The lowest BCUT2D eigenvalue weighted by atomic mass is 10.1. The van der Waals surface area contributed by atoms with Gasteiger partial charge in [-0.15, -0.1) is 11.8 Å². The molecule has 1 heterocycles. The number of thioether (sulfide) groups is 1. The number of hydrogen-bond acceptors (Lipinski definition) is 3. The molecule has 0 amide bonds. The van der Waals surface area contributed by atoms with E-state index in [1.165, 1.54) is 16.1 Å². The minimum absolute atomic E-state index is 0.481. The van der Waals surface area contributed by atoms with Gasteiger partial charge in [-0.3, -0.25) is 0 Å². The highest BCUT2D eigenvalue weighted by Crippen LogP contribution is 2.36. The maximum atomic E-state index is 5.75. The number of nitrogens with zero attached hydrogens (tertiary/aromatic N) is 1. The lowest BCUT2D eigenvalue weighted by Crippen LogP contribution is -2.42. The van der Waals surface area contributed by atoms with Crippen molar-refractivity contribution in [2.45, 2.75) is 24.3 Å². The van der Waals surface area contributed by atoms with Crippen LogP contribution >= 0.6 is 11.8 Å². The average Bonchev–Trinajstić information content (AvgIpc) is 2.29. The Bertz CT molecular complexity index is 351. The normalized spacial score (nSPS) is 20.2. The molecule has 0 spiro atoms. The Hall–Kier alpha value is -0.670. The quantitative estimate of drug-likeness (QED) is 0.831. The summed E-state index contributed by atoms with van der Waals surface area (Å²) in [6.45, 7) is 2.93. The first-order valence-corrected chi connectivity index (χ1v) is 6.43. The number of nitrogens with two attached hydrogens (primary N) is 1. The summed E-state index contributed by atoms with van der Waals surface area (Å²) in [7, 11) is 2.14. The van der Waals surface area contributed by atoms with E-state index in [2.05, 4.69) is 37.1 Å². The Morgan fingerprint density at radius 2 is 2.33 bits per heavy atom. The van der Waals surface area contributed by atoms with Gasteiger partial charge in [0.2, 0.25) is 0 Å². The van der Waals surface area contributed by atoms with Gasteiger partial charge < -0.3 is 10.6 Å². The molecule has 2 rings (SSSR count). The Morgan fingerprint density at radius 3 is 3.00 bits per heavy atom. The largest absolute Gasteiger partial charge is 0.369 e. The molecule has 1 atom stereocenters.